The van der Waals surface area contributed by atoms with Gasteiger partial charge in [-0.1, -0.05) is 25.1 Å². The highest BCUT2D eigenvalue weighted by Gasteiger charge is 2.00. The molecule has 0 aliphatic rings. The zero-order valence-electron chi connectivity index (χ0n) is 11.4. The average Bonchev–Trinajstić information content (AvgIpc) is 2.88. The van der Waals surface area contributed by atoms with Crippen LogP contribution < -0.4 is 5.32 Å². The minimum absolute atomic E-state index is 0.850. The van der Waals surface area contributed by atoms with E-state index in [4.69, 9.17) is 0 Å². The Morgan fingerprint density at radius 2 is 2.11 bits per heavy atom. The molecule has 19 heavy (non-hydrogen) atoms. The molecule has 1 aromatic heterocycles. The normalized spacial score (nSPS) is 10.8. The molecule has 1 N–H and O–H groups in total. The van der Waals surface area contributed by atoms with E-state index in [9.17, 15) is 0 Å². The van der Waals surface area contributed by atoms with Crippen molar-refractivity contribution >= 4 is 11.8 Å². The molecule has 1 aromatic carbocycles. The van der Waals surface area contributed by atoms with Crippen LogP contribution in [-0.2, 0) is 13.1 Å². The summed E-state index contributed by atoms with van der Waals surface area (Å²) in [4.78, 5) is 5.71. The summed E-state index contributed by atoms with van der Waals surface area (Å²) in [6.07, 6.45) is 5.08. The van der Waals surface area contributed by atoms with Crippen molar-refractivity contribution in [3.05, 3.63) is 48.5 Å². The summed E-state index contributed by atoms with van der Waals surface area (Å²) in [5.41, 5.74) is 0. The van der Waals surface area contributed by atoms with Gasteiger partial charge in [0.05, 0.1) is 6.54 Å². The summed E-state index contributed by atoms with van der Waals surface area (Å²) in [5, 5.41) is 3.45. The van der Waals surface area contributed by atoms with E-state index in [-0.39, 0.29) is 0 Å². The summed E-state index contributed by atoms with van der Waals surface area (Å²) >= 11 is 1.88. The lowest BCUT2D eigenvalue weighted by atomic mass is 10.4. The molecule has 0 amide bonds. The van der Waals surface area contributed by atoms with E-state index >= 15 is 0 Å². The molecule has 102 valence electrons. The zero-order chi connectivity index (χ0) is 13.3. The van der Waals surface area contributed by atoms with E-state index in [2.05, 4.69) is 58.3 Å². The second-order valence-corrected chi connectivity index (χ2v) is 5.54. The molecule has 0 aliphatic carbocycles. The number of hydrogen-bond acceptors (Lipinski definition) is 3. The average molecular weight is 275 g/mol. The van der Waals surface area contributed by atoms with E-state index in [1.165, 1.54) is 4.90 Å². The first-order valence-corrected chi connectivity index (χ1v) is 7.77. The highest BCUT2D eigenvalue weighted by atomic mass is 32.2. The highest BCUT2D eigenvalue weighted by molar-refractivity contribution is 7.99. The molecular formula is C15H21N3S. The van der Waals surface area contributed by atoms with E-state index in [0.29, 0.717) is 0 Å². The lowest BCUT2D eigenvalue weighted by Crippen LogP contribution is -2.19. The molecule has 0 saturated carbocycles. The number of aryl methyl sites for hydroxylation is 1. The molecule has 2 aromatic rings. The quantitative estimate of drug-likeness (QED) is 0.593. The molecule has 0 saturated heterocycles. The molecule has 2 rings (SSSR count). The van der Waals surface area contributed by atoms with Crippen LogP contribution >= 0.6 is 11.8 Å². The smallest absolute Gasteiger partial charge is 0.122 e. The van der Waals surface area contributed by atoms with Gasteiger partial charge in [0.2, 0.25) is 0 Å². The summed E-state index contributed by atoms with van der Waals surface area (Å²) in [6.45, 7) is 5.09. The standard InChI is InChI=1S/C15H21N3S/c1-2-10-18-11-8-17-15(18)13-16-9-12-19-14-6-4-3-5-7-14/h3-8,11,16H,2,9-10,12-13H2,1H3. The number of thioether (sulfide) groups is 1. The van der Waals surface area contributed by atoms with Crippen LogP contribution in [0.5, 0.6) is 0 Å². The third-order valence-corrected chi connectivity index (χ3v) is 3.85. The van der Waals surface area contributed by atoms with Crippen LogP contribution in [0.3, 0.4) is 0 Å². The largest absolute Gasteiger partial charge is 0.334 e. The first kappa shape index (κ1) is 14.2. The Morgan fingerprint density at radius 3 is 2.89 bits per heavy atom. The molecule has 0 atom stereocenters. The number of hydrogen-bond donors (Lipinski definition) is 1. The number of rotatable bonds is 8. The van der Waals surface area contributed by atoms with Gasteiger partial charge in [-0.05, 0) is 18.6 Å². The lowest BCUT2D eigenvalue weighted by Gasteiger charge is -2.07. The fourth-order valence-electron chi connectivity index (χ4n) is 1.91. The molecule has 0 spiro atoms. The van der Waals surface area contributed by atoms with Crippen LogP contribution in [0.15, 0.2) is 47.6 Å². The van der Waals surface area contributed by atoms with Crippen LogP contribution in [0.2, 0.25) is 0 Å². The molecule has 4 heteroatoms. The Balaban J connectivity index is 1.65. The molecule has 0 bridgehead atoms. The van der Waals surface area contributed by atoms with Crippen molar-refractivity contribution < 1.29 is 0 Å². The van der Waals surface area contributed by atoms with Crippen LogP contribution in [0, 0.1) is 0 Å². The Labute approximate surface area is 119 Å². The Bertz CT molecular complexity index is 467. The molecule has 0 aliphatic heterocycles. The minimum Gasteiger partial charge on any atom is -0.334 e. The Hall–Kier alpha value is -1.26. The van der Waals surface area contributed by atoms with Crippen LogP contribution in [-0.4, -0.2) is 21.8 Å². The first-order chi connectivity index (χ1) is 9.40. The summed E-state index contributed by atoms with van der Waals surface area (Å²) in [7, 11) is 0. The lowest BCUT2D eigenvalue weighted by molar-refractivity contribution is 0.600. The van der Waals surface area contributed by atoms with E-state index in [1.807, 2.05) is 18.0 Å². The van der Waals surface area contributed by atoms with Gasteiger partial charge in [-0.3, -0.25) is 0 Å². The second-order valence-electron chi connectivity index (χ2n) is 4.38. The number of nitrogens with zero attached hydrogens (tertiary/aromatic N) is 2. The molecule has 0 unspecified atom stereocenters. The van der Waals surface area contributed by atoms with Crippen molar-refractivity contribution in [2.45, 2.75) is 31.3 Å². The maximum atomic E-state index is 4.38. The number of aromatic nitrogens is 2. The molecule has 1 heterocycles. The predicted octanol–water partition coefficient (Wildman–Crippen LogP) is 3.18. The summed E-state index contributed by atoms with van der Waals surface area (Å²) in [6, 6.07) is 10.5. The predicted molar refractivity (Wildman–Crippen MR) is 81.4 cm³/mol. The van der Waals surface area contributed by atoms with Crippen molar-refractivity contribution in [1.29, 1.82) is 0 Å². The van der Waals surface area contributed by atoms with Crippen LogP contribution in [0.25, 0.3) is 0 Å². The van der Waals surface area contributed by atoms with Crippen LogP contribution in [0.1, 0.15) is 19.2 Å². The second kappa shape index (κ2) is 8.02. The topological polar surface area (TPSA) is 29.9 Å². The van der Waals surface area contributed by atoms with Gasteiger partial charge in [-0.25, -0.2) is 4.98 Å². The maximum Gasteiger partial charge on any atom is 0.122 e. The van der Waals surface area contributed by atoms with Crippen molar-refractivity contribution in [3.8, 4) is 0 Å². The number of nitrogens with one attached hydrogen (secondary N) is 1. The van der Waals surface area contributed by atoms with Gasteiger partial charge in [0.1, 0.15) is 5.82 Å². The number of imidazole rings is 1. The fraction of sp³-hybridized carbons (Fsp3) is 0.400. The van der Waals surface area contributed by atoms with Gasteiger partial charge in [-0.15, -0.1) is 11.8 Å². The van der Waals surface area contributed by atoms with Crippen molar-refractivity contribution in [1.82, 2.24) is 14.9 Å². The molecule has 3 nitrogen and oxygen atoms in total. The Kier molecular flexibility index (Phi) is 5.98. The van der Waals surface area contributed by atoms with Crippen molar-refractivity contribution in [2.75, 3.05) is 12.3 Å². The molecule has 0 fully saturated rings. The molecule has 0 radical (unpaired) electrons. The van der Waals surface area contributed by atoms with E-state index < -0.39 is 0 Å². The van der Waals surface area contributed by atoms with Gasteiger partial charge in [0.25, 0.3) is 0 Å². The highest BCUT2D eigenvalue weighted by Crippen LogP contribution is 2.15. The zero-order valence-corrected chi connectivity index (χ0v) is 12.2. The van der Waals surface area contributed by atoms with Gasteiger partial charge in [-0.2, -0.15) is 0 Å². The first-order valence-electron chi connectivity index (χ1n) is 6.78. The third kappa shape index (κ3) is 4.73. The van der Waals surface area contributed by atoms with Crippen molar-refractivity contribution in [3.63, 3.8) is 0 Å². The maximum absolute atomic E-state index is 4.38. The van der Waals surface area contributed by atoms with Crippen molar-refractivity contribution in [2.24, 2.45) is 0 Å². The fourth-order valence-corrected chi connectivity index (χ4v) is 2.74. The molecular weight excluding hydrogens is 254 g/mol. The summed E-state index contributed by atoms with van der Waals surface area (Å²) in [5.74, 6) is 2.21. The van der Waals surface area contributed by atoms with E-state index in [0.717, 1.165) is 37.6 Å². The Morgan fingerprint density at radius 1 is 1.26 bits per heavy atom. The SMILES string of the molecule is CCCn1ccnc1CNCCSc1ccccc1. The monoisotopic (exact) mass is 275 g/mol. The van der Waals surface area contributed by atoms with Gasteiger partial charge in [0, 0.05) is 36.1 Å². The third-order valence-electron chi connectivity index (χ3n) is 2.84. The summed E-state index contributed by atoms with van der Waals surface area (Å²) < 4.78 is 2.22. The number of benzene rings is 1. The minimum atomic E-state index is 0.850. The van der Waals surface area contributed by atoms with Gasteiger partial charge >= 0.3 is 0 Å². The van der Waals surface area contributed by atoms with E-state index in [1.54, 1.807) is 0 Å². The van der Waals surface area contributed by atoms with Gasteiger partial charge in [0.15, 0.2) is 0 Å². The van der Waals surface area contributed by atoms with Crippen LogP contribution in [0.4, 0.5) is 0 Å². The van der Waals surface area contributed by atoms with Gasteiger partial charge < -0.3 is 9.88 Å².